The van der Waals surface area contributed by atoms with Gasteiger partial charge in [0, 0.05) is 13.2 Å². The third-order valence-corrected chi connectivity index (χ3v) is 2.81. The van der Waals surface area contributed by atoms with E-state index in [9.17, 15) is 0 Å². The average molecular weight is 201 g/mol. The van der Waals surface area contributed by atoms with Crippen LogP contribution in [0, 0.1) is 0 Å². The Morgan fingerprint density at radius 2 is 1.86 bits per heavy atom. The normalized spacial score (nSPS) is 27.9. The molecule has 0 saturated heterocycles. The van der Waals surface area contributed by atoms with E-state index in [-0.39, 0.29) is 0 Å². The Kier molecular flexibility index (Phi) is 6.15. The number of methoxy groups -OCH3 is 1. The van der Waals surface area contributed by atoms with Crippen molar-refractivity contribution in [2.24, 2.45) is 0 Å². The lowest BCUT2D eigenvalue weighted by Gasteiger charge is -2.28. The first-order valence-electron chi connectivity index (χ1n) is 5.70. The van der Waals surface area contributed by atoms with Gasteiger partial charge in [-0.3, -0.25) is 0 Å². The fraction of sp³-hybridized carbons (Fsp3) is 1.00. The highest BCUT2D eigenvalue weighted by Gasteiger charge is 2.20. The van der Waals surface area contributed by atoms with Gasteiger partial charge >= 0.3 is 0 Å². The van der Waals surface area contributed by atoms with Crippen molar-refractivity contribution in [3.8, 4) is 0 Å². The quantitative estimate of drug-likeness (QED) is 0.662. The van der Waals surface area contributed by atoms with E-state index in [1.165, 1.54) is 25.7 Å². The first kappa shape index (κ1) is 12.0. The van der Waals surface area contributed by atoms with Crippen LogP contribution in [0.25, 0.3) is 0 Å². The second-order valence-corrected chi connectivity index (χ2v) is 3.89. The number of nitrogens with one attached hydrogen (secondary N) is 1. The SMILES string of the molecule is CCN[C@H]1CC[C@H](OCCOC)CC1. The van der Waals surface area contributed by atoms with Crippen LogP contribution in [0.3, 0.4) is 0 Å². The zero-order valence-electron chi connectivity index (χ0n) is 9.42. The van der Waals surface area contributed by atoms with Crippen LogP contribution in [0.4, 0.5) is 0 Å². The summed E-state index contributed by atoms with van der Waals surface area (Å²) in [5.74, 6) is 0. The van der Waals surface area contributed by atoms with Gasteiger partial charge in [0.25, 0.3) is 0 Å². The van der Waals surface area contributed by atoms with Gasteiger partial charge in [0.2, 0.25) is 0 Å². The molecule has 1 aliphatic carbocycles. The van der Waals surface area contributed by atoms with Gasteiger partial charge in [-0.15, -0.1) is 0 Å². The minimum Gasteiger partial charge on any atom is -0.382 e. The minimum atomic E-state index is 0.472. The predicted octanol–water partition coefficient (Wildman–Crippen LogP) is 1.57. The van der Waals surface area contributed by atoms with Crippen LogP contribution in [0.2, 0.25) is 0 Å². The lowest BCUT2D eigenvalue weighted by molar-refractivity contribution is -0.00414. The van der Waals surface area contributed by atoms with Gasteiger partial charge in [0.05, 0.1) is 19.3 Å². The summed E-state index contributed by atoms with van der Waals surface area (Å²) in [5, 5.41) is 3.49. The molecular formula is C11H23NO2. The molecule has 0 aromatic heterocycles. The van der Waals surface area contributed by atoms with E-state index >= 15 is 0 Å². The van der Waals surface area contributed by atoms with Crippen molar-refractivity contribution in [3.63, 3.8) is 0 Å². The van der Waals surface area contributed by atoms with E-state index in [4.69, 9.17) is 9.47 Å². The summed E-state index contributed by atoms with van der Waals surface area (Å²) in [5.41, 5.74) is 0. The first-order chi connectivity index (χ1) is 6.86. The fourth-order valence-corrected chi connectivity index (χ4v) is 2.02. The maximum absolute atomic E-state index is 5.70. The lowest BCUT2D eigenvalue weighted by Crippen LogP contribution is -2.35. The van der Waals surface area contributed by atoms with E-state index in [1.54, 1.807) is 7.11 Å². The van der Waals surface area contributed by atoms with E-state index in [0.29, 0.717) is 12.7 Å². The van der Waals surface area contributed by atoms with Gasteiger partial charge in [0.15, 0.2) is 0 Å². The molecule has 1 saturated carbocycles. The summed E-state index contributed by atoms with van der Waals surface area (Å²) >= 11 is 0. The molecule has 0 atom stereocenters. The maximum atomic E-state index is 5.70. The summed E-state index contributed by atoms with van der Waals surface area (Å²) in [6, 6.07) is 0.724. The molecular weight excluding hydrogens is 178 g/mol. The van der Waals surface area contributed by atoms with Crippen molar-refractivity contribution in [1.82, 2.24) is 5.32 Å². The van der Waals surface area contributed by atoms with Crippen LogP contribution in [0.5, 0.6) is 0 Å². The Morgan fingerprint density at radius 3 is 2.43 bits per heavy atom. The van der Waals surface area contributed by atoms with Gasteiger partial charge in [-0.1, -0.05) is 6.92 Å². The van der Waals surface area contributed by atoms with Gasteiger partial charge in [-0.05, 0) is 32.2 Å². The summed E-state index contributed by atoms with van der Waals surface area (Å²) in [6.45, 7) is 4.71. The van der Waals surface area contributed by atoms with Crippen molar-refractivity contribution < 1.29 is 9.47 Å². The Bertz CT molecular complexity index is 133. The number of hydrogen-bond acceptors (Lipinski definition) is 3. The van der Waals surface area contributed by atoms with E-state index in [2.05, 4.69) is 12.2 Å². The molecule has 1 rings (SSSR count). The van der Waals surface area contributed by atoms with E-state index in [0.717, 1.165) is 19.2 Å². The average Bonchev–Trinajstić information content (AvgIpc) is 2.21. The van der Waals surface area contributed by atoms with Crippen molar-refractivity contribution in [3.05, 3.63) is 0 Å². The molecule has 84 valence electrons. The molecule has 3 nitrogen and oxygen atoms in total. The fourth-order valence-electron chi connectivity index (χ4n) is 2.02. The Hall–Kier alpha value is -0.120. The molecule has 0 radical (unpaired) electrons. The Labute approximate surface area is 87.2 Å². The van der Waals surface area contributed by atoms with Crippen LogP contribution < -0.4 is 5.32 Å². The lowest BCUT2D eigenvalue weighted by atomic mass is 9.93. The molecule has 0 aromatic carbocycles. The van der Waals surface area contributed by atoms with Gasteiger partial charge < -0.3 is 14.8 Å². The highest BCUT2D eigenvalue weighted by atomic mass is 16.5. The van der Waals surface area contributed by atoms with E-state index in [1.807, 2.05) is 0 Å². The molecule has 0 amide bonds. The molecule has 0 bridgehead atoms. The highest BCUT2D eigenvalue weighted by molar-refractivity contribution is 4.76. The zero-order valence-corrected chi connectivity index (χ0v) is 9.42. The third kappa shape index (κ3) is 4.40. The summed E-state index contributed by atoms with van der Waals surface area (Å²) in [4.78, 5) is 0. The predicted molar refractivity (Wildman–Crippen MR) is 57.5 cm³/mol. The summed E-state index contributed by atoms with van der Waals surface area (Å²) < 4.78 is 10.7. The largest absolute Gasteiger partial charge is 0.382 e. The molecule has 1 fully saturated rings. The summed E-state index contributed by atoms with van der Waals surface area (Å²) in [6.07, 6.45) is 5.37. The number of hydrogen-bond donors (Lipinski definition) is 1. The monoisotopic (exact) mass is 201 g/mol. The van der Waals surface area contributed by atoms with Crippen molar-refractivity contribution in [2.75, 3.05) is 26.9 Å². The molecule has 0 heterocycles. The molecule has 0 unspecified atom stereocenters. The van der Waals surface area contributed by atoms with Crippen LogP contribution in [0.1, 0.15) is 32.6 Å². The van der Waals surface area contributed by atoms with Crippen molar-refractivity contribution in [2.45, 2.75) is 44.8 Å². The number of ether oxygens (including phenoxy) is 2. The summed E-state index contributed by atoms with van der Waals surface area (Å²) in [7, 11) is 1.71. The third-order valence-electron chi connectivity index (χ3n) is 2.81. The molecule has 3 heteroatoms. The molecule has 0 spiro atoms. The first-order valence-corrected chi connectivity index (χ1v) is 5.70. The second-order valence-electron chi connectivity index (χ2n) is 3.89. The van der Waals surface area contributed by atoms with Crippen LogP contribution in [-0.2, 0) is 9.47 Å². The maximum Gasteiger partial charge on any atom is 0.0704 e. The van der Waals surface area contributed by atoms with Crippen LogP contribution in [-0.4, -0.2) is 39.0 Å². The van der Waals surface area contributed by atoms with Crippen molar-refractivity contribution in [1.29, 1.82) is 0 Å². The molecule has 1 aliphatic rings. The topological polar surface area (TPSA) is 30.5 Å². The smallest absolute Gasteiger partial charge is 0.0704 e. The standard InChI is InChI=1S/C11H23NO2/c1-3-12-10-4-6-11(7-5-10)14-9-8-13-2/h10-12H,3-9H2,1-2H3/t10-,11-. The Balaban J connectivity index is 2.03. The second kappa shape index (κ2) is 7.21. The number of rotatable bonds is 6. The van der Waals surface area contributed by atoms with E-state index < -0.39 is 0 Å². The van der Waals surface area contributed by atoms with Gasteiger partial charge in [-0.2, -0.15) is 0 Å². The minimum absolute atomic E-state index is 0.472. The molecule has 1 N–H and O–H groups in total. The van der Waals surface area contributed by atoms with Crippen molar-refractivity contribution >= 4 is 0 Å². The highest BCUT2D eigenvalue weighted by Crippen LogP contribution is 2.20. The van der Waals surface area contributed by atoms with Crippen LogP contribution in [0.15, 0.2) is 0 Å². The molecule has 14 heavy (non-hydrogen) atoms. The molecule has 0 aliphatic heterocycles. The van der Waals surface area contributed by atoms with Gasteiger partial charge in [0.1, 0.15) is 0 Å². The van der Waals surface area contributed by atoms with Gasteiger partial charge in [-0.25, -0.2) is 0 Å². The molecule has 0 aromatic rings. The zero-order chi connectivity index (χ0) is 10.2. The van der Waals surface area contributed by atoms with Crippen LogP contribution >= 0.6 is 0 Å². The Morgan fingerprint density at radius 1 is 1.14 bits per heavy atom.